The lowest BCUT2D eigenvalue weighted by molar-refractivity contribution is -0.134. The number of aromatic nitrogens is 3. The molecular weight excluding hydrogens is 330 g/mol. The van der Waals surface area contributed by atoms with E-state index in [1.165, 1.54) is 0 Å². The van der Waals surface area contributed by atoms with E-state index >= 15 is 0 Å². The van der Waals surface area contributed by atoms with Gasteiger partial charge in [-0.2, -0.15) is 15.0 Å². The molecule has 0 bridgehead atoms. The van der Waals surface area contributed by atoms with Gasteiger partial charge in [-0.15, -0.1) is 0 Å². The minimum Gasteiger partial charge on any atom is -0.361 e. The fourth-order valence-corrected chi connectivity index (χ4v) is 1.03. The fourth-order valence-electron chi connectivity index (χ4n) is 1.03. The van der Waals surface area contributed by atoms with Crippen molar-refractivity contribution in [1.82, 2.24) is 15.0 Å². The Morgan fingerprint density at radius 1 is 0.542 bits per heavy atom. The largest absolute Gasteiger partial charge is 0.361 e. The van der Waals surface area contributed by atoms with Crippen LogP contribution in [-0.2, 0) is 28.8 Å². The maximum atomic E-state index is 11.2. The Hall–Kier alpha value is -4.17. The molecule has 1 rings (SSSR count). The van der Waals surface area contributed by atoms with E-state index < -0.39 is 53.3 Å². The van der Waals surface area contributed by atoms with Crippen LogP contribution in [0.25, 0.3) is 0 Å². The SMILES string of the molecule is NC(=O)C(=O)Nc1nc(NC(=O)C(N)=O)nc(NC(=O)C(N)=O)n1. The van der Waals surface area contributed by atoms with E-state index in [-0.39, 0.29) is 0 Å². The number of rotatable bonds is 3. The van der Waals surface area contributed by atoms with Gasteiger partial charge < -0.3 is 17.2 Å². The van der Waals surface area contributed by atoms with Crippen molar-refractivity contribution in [3.63, 3.8) is 0 Å². The summed E-state index contributed by atoms with van der Waals surface area (Å²) in [6.45, 7) is 0. The highest BCUT2D eigenvalue weighted by atomic mass is 16.2. The van der Waals surface area contributed by atoms with E-state index in [4.69, 9.17) is 17.2 Å². The van der Waals surface area contributed by atoms with Gasteiger partial charge in [-0.1, -0.05) is 0 Å². The number of hydrogen-bond donors (Lipinski definition) is 6. The molecule has 6 amide bonds. The standard InChI is InChI=1S/C9H9N9O6/c10-1(19)4(22)13-7-16-8(14-5(23)2(11)20)18-9(17-7)15-6(24)3(12)21/h(H2,10,19)(H2,11,20)(H2,12,21)(H3,13,14,15,16,17,18,22,23,24). The van der Waals surface area contributed by atoms with Crippen LogP contribution < -0.4 is 33.2 Å². The summed E-state index contributed by atoms with van der Waals surface area (Å²) in [6, 6.07) is 0. The zero-order valence-electron chi connectivity index (χ0n) is 11.5. The number of carbonyl (C=O) groups is 6. The van der Waals surface area contributed by atoms with E-state index in [2.05, 4.69) is 15.0 Å². The highest BCUT2D eigenvalue weighted by molar-refractivity contribution is 6.40. The molecule has 15 heteroatoms. The first-order chi connectivity index (χ1) is 11.1. The van der Waals surface area contributed by atoms with Crippen molar-refractivity contribution < 1.29 is 28.8 Å². The Morgan fingerprint density at radius 3 is 0.917 bits per heavy atom. The summed E-state index contributed by atoms with van der Waals surface area (Å²) >= 11 is 0. The predicted octanol–water partition coefficient (Wildman–Crippen LogP) is -4.86. The molecule has 0 radical (unpaired) electrons. The van der Waals surface area contributed by atoms with Gasteiger partial charge in [0.1, 0.15) is 0 Å². The van der Waals surface area contributed by atoms with E-state index in [1.54, 1.807) is 0 Å². The average Bonchev–Trinajstić information content (AvgIpc) is 2.46. The van der Waals surface area contributed by atoms with Crippen molar-refractivity contribution in [2.45, 2.75) is 0 Å². The van der Waals surface area contributed by atoms with Gasteiger partial charge in [0.2, 0.25) is 17.8 Å². The first-order valence-electron chi connectivity index (χ1n) is 5.68. The van der Waals surface area contributed by atoms with Crippen LogP contribution in [0.5, 0.6) is 0 Å². The van der Waals surface area contributed by atoms with Gasteiger partial charge in [0, 0.05) is 0 Å². The zero-order chi connectivity index (χ0) is 18.4. The van der Waals surface area contributed by atoms with E-state index in [0.717, 1.165) is 0 Å². The lowest BCUT2D eigenvalue weighted by atomic mass is 10.5. The average molecular weight is 339 g/mol. The Balaban J connectivity index is 3.17. The molecule has 0 aliphatic heterocycles. The minimum absolute atomic E-state index is 0.645. The first-order valence-corrected chi connectivity index (χ1v) is 5.68. The number of hydrogen-bond acceptors (Lipinski definition) is 9. The molecule has 24 heavy (non-hydrogen) atoms. The van der Waals surface area contributed by atoms with Crippen LogP contribution >= 0.6 is 0 Å². The summed E-state index contributed by atoms with van der Waals surface area (Å²) in [6.07, 6.45) is 0. The molecule has 9 N–H and O–H groups in total. The summed E-state index contributed by atoms with van der Waals surface area (Å²) in [5, 5.41) is 5.45. The lowest BCUT2D eigenvalue weighted by Crippen LogP contribution is -2.33. The van der Waals surface area contributed by atoms with E-state index in [9.17, 15) is 28.8 Å². The molecule has 0 atom stereocenters. The Labute approximate surface area is 131 Å². The third-order valence-electron chi connectivity index (χ3n) is 1.98. The minimum atomic E-state index is -1.39. The topological polar surface area (TPSA) is 255 Å². The quantitative estimate of drug-likeness (QED) is 0.288. The molecular formula is C9H9N9O6. The molecule has 0 aliphatic rings. The number of carbonyl (C=O) groups excluding carboxylic acids is 6. The molecule has 0 aromatic carbocycles. The molecule has 1 heterocycles. The number of amides is 6. The van der Waals surface area contributed by atoms with Crippen molar-refractivity contribution in [2.24, 2.45) is 17.2 Å². The molecule has 126 valence electrons. The van der Waals surface area contributed by atoms with Crippen molar-refractivity contribution in [1.29, 1.82) is 0 Å². The molecule has 1 aromatic heterocycles. The van der Waals surface area contributed by atoms with Crippen LogP contribution in [-0.4, -0.2) is 50.4 Å². The third kappa shape index (κ3) is 4.98. The molecule has 15 nitrogen and oxygen atoms in total. The van der Waals surface area contributed by atoms with Gasteiger partial charge in [0.05, 0.1) is 0 Å². The maximum Gasteiger partial charge on any atom is 0.315 e. The lowest BCUT2D eigenvalue weighted by Gasteiger charge is -2.07. The number of anilines is 3. The summed E-state index contributed by atoms with van der Waals surface area (Å²) in [7, 11) is 0. The van der Waals surface area contributed by atoms with Gasteiger partial charge in [0.25, 0.3) is 0 Å². The molecule has 0 fully saturated rings. The van der Waals surface area contributed by atoms with Gasteiger partial charge in [-0.25, -0.2) is 0 Å². The summed E-state index contributed by atoms with van der Waals surface area (Å²) in [4.78, 5) is 76.0. The van der Waals surface area contributed by atoms with E-state index in [0.29, 0.717) is 0 Å². The van der Waals surface area contributed by atoms with E-state index in [1.807, 2.05) is 16.0 Å². The smallest absolute Gasteiger partial charge is 0.315 e. The van der Waals surface area contributed by atoms with Gasteiger partial charge in [0.15, 0.2) is 0 Å². The second-order valence-corrected chi connectivity index (χ2v) is 3.76. The Morgan fingerprint density at radius 2 is 0.750 bits per heavy atom. The number of primary amides is 3. The third-order valence-corrected chi connectivity index (χ3v) is 1.98. The van der Waals surface area contributed by atoms with Gasteiger partial charge >= 0.3 is 35.4 Å². The van der Waals surface area contributed by atoms with Crippen LogP contribution in [0, 0.1) is 0 Å². The molecule has 0 aliphatic carbocycles. The molecule has 0 unspecified atom stereocenters. The Bertz CT molecular complexity index is 648. The van der Waals surface area contributed by atoms with Crippen molar-refractivity contribution in [3.05, 3.63) is 0 Å². The molecule has 0 saturated carbocycles. The Kier molecular flexibility index (Phi) is 5.37. The molecule has 0 spiro atoms. The van der Waals surface area contributed by atoms with Crippen LogP contribution in [0.3, 0.4) is 0 Å². The molecule has 1 aromatic rings. The second kappa shape index (κ2) is 7.20. The fraction of sp³-hybridized carbons (Fsp3) is 0. The van der Waals surface area contributed by atoms with Gasteiger partial charge in [-0.3, -0.25) is 44.7 Å². The van der Waals surface area contributed by atoms with Crippen LogP contribution in [0.4, 0.5) is 17.8 Å². The first kappa shape index (κ1) is 17.9. The van der Waals surface area contributed by atoms with Crippen molar-refractivity contribution >= 4 is 53.3 Å². The normalized spacial score (nSPS) is 9.50. The summed E-state index contributed by atoms with van der Waals surface area (Å²) in [5.74, 6) is -10.1. The highest BCUT2D eigenvalue weighted by Crippen LogP contribution is 2.09. The monoisotopic (exact) mass is 339 g/mol. The van der Waals surface area contributed by atoms with Crippen LogP contribution in [0.1, 0.15) is 0 Å². The second-order valence-electron chi connectivity index (χ2n) is 3.76. The van der Waals surface area contributed by atoms with Gasteiger partial charge in [-0.05, 0) is 0 Å². The zero-order valence-corrected chi connectivity index (χ0v) is 11.5. The van der Waals surface area contributed by atoms with Crippen molar-refractivity contribution in [2.75, 3.05) is 16.0 Å². The highest BCUT2D eigenvalue weighted by Gasteiger charge is 2.18. The predicted molar refractivity (Wildman–Crippen MR) is 73.3 cm³/mol. The number of nitrogens with zero attached hydrogens (tertiary/aromatic N) is 3. The van der Waals surface area contributed by atoms with Crippen LogP contribution in [0.15, 0.2) is 0 Å². The summed E-state index contributed by atoms with van der Waals surface area (Å²) < 4.78 is 0. The maximum absolute atomic E-state index is 11.2. The van der Waals surface area contributed by atoms with Crippen molar-refractivity contribution in [3.8, 4) is 0 Å². The summed E-state index contributed by atoms with van der Waals surface area (Å²) in [5.41, 5.74) is 14.2. The number of nitrogens with two attached hydrogens (primary N) is 3. The van der Waals surface area contributed by atoms with Crippen LogP contribution in [0.2, 0.25) is 0 Å². The molecule has 0 saturated heterocycles. The number of nitrogens with one attached hydrogen (secondary N) is 3.